The highest BCUT2D eigenvalue weighted by atomic mass is 16.5. The van der Waals surface area contributed by atoms with Crippen molar-refractivity contribution in [1.82, 2.24) is 9.55 Å². The molecule has 2 rings (SSSR count). The molecule has 0 amide bonds. The smallest absolute Gasteiger partial charge is 0.360 e. The van der Waals surface area contributed by atoms with Crippen LogP contribution >= 0.6 is 0 Å². The maximum Gasteiger partial charge on any atom is 0.360 e. The van der Waals surface area contributed by atoms with Crippen molar-refractivity contribution in [3.05, 3.63) is 11.5 Å². The molecule has 1 saturated carbocycles. The number of aromatic nitrogens is 2. The molecule has 0 bridgehead atoms. The zero-order valence-electron chi connectivity index (χ0n) is 12.0. The van der Waals surface area contributed by atoms with Crippen molar-refractivity contribution in [3.8, 4) is 0 Å². The first-order valence-electron chi connectivity index (χ1n) is 7.06. The van der Waals surface area contributed by atoms with E-state index in [1.807, 2.05) is 11.5 Å². The predicted molar refractivity (Wildman–Crippen MR) is 74.0 cm³/mol. The molecular weight excluding hydrogens is 242 g/mol. The summed E-state index contributed by atoms with van der Waals surface area (Å²) >= 11 is 0. The van der Waals surface area contributed by atoms with Gasteiger partial charge in [0.05, 0.1) is 6.61 Å². The molecule has 106 valence electrons. The number of nitrogens with zero attached hydrogens (tertiary/aromatic N) is 2. The van der Waals surface area contributed by atoms with Gasteiger partial charge >= 0.3 is 5.97 Å². The summed E-state index contributed by atoms with van der Waals surface area (Å²) in [5.74, 6) is 1.62. The van der Waals surface area contributed by atoms with Crippen molar-refractivity contribution < 1.29 is 9.53 Å². The molecule has 1 aliphatic rings. The summed E-state index contributed by atoms with van der Waals surface area (Å²) in [5.41, 5.74) is 6.36. The first-order valence-corrected chi connectivity index (χ1v) is 7.06. The highest BCUT2D eigenvalue weighted by Gasteiger charge is 2.26. The monoisotopic (exact) mass is 265 g/mol. The minimum Gasteiger partial charge on any atom is -0.461 e. The molecule has 1 fully saturated rings. The first-order chi connectivity index (χ1) is 9.04. The van der Waals surface area contributed by atoms with Gasteiger partial charge in [0.2, 0.25) is 0 Å². The Morgan fingerprint density at radius 1 is 1.42 bits per heavy atom. The van der Waals surface area contributed by atoms with E-state index in [-0.39, 0.29) is 5.69 Å². The summed E-state index contributed by atoms with van der Waals surface area (Å²) < 4.78 is 7.00. The molecule has 1 aromatic rings. The highest BCUT2D eigenvalue weighted by molar-refractivity contribution is 5.92. The summed E-state index contributed by atoms with van der Waals surface area (Å²) in [6, 6.07) is 0.367. The predicted octanol–water partition coefficient (Wildman–Crippen LogP) is 2.70. The van der Waals surface area contributed by atoms with E-state index in [1.54, 1.807) is 6.92 Å². The van der Waals surface area contributed by atoms with Crippen molar-refractivity contribution in [1.29, 1.82) is 0 Å². The van der Waals surface area contributed by atoms with Crippen LogP contribution in [-0.4, -0.2) is 22.1 Å². The molecule has 1 aliphatic carbocycles. The van der Waals surface area contributed by atoms with Gasteiger partial charge in [0, 0.05) is 6.04 Å². The van der Waals surface area contributed by atoms with Gasteiger partial charge in [-0.3, -0.25) is 0 Å². The Morgan fingerprint density at radius 3 is 2.63 bits per heavy atom. The molecule has 0 radical (unpaired) electrons. The molecular formula is C14H23N3O2. The van der Waals surface area contributed by atoms with Crippen molar-refractivity contribution >= 4 is 11.8 Å². The van der Waals surface area contributed by atoms with Crippen LogP contribution in [0.5, 0.6) is 0 Å². The molecule has 0 spiro atoms. The molecule has 19 heavy (non-hydrogen) atoms. The fourth-order valence-electron chi connectivity index (χ4n) is 2.87. The molecule has 2 N–H and O–H groups in total. The molecule has 1 aromatic heterocycles. The quantitative estimate of drug-likeness (QED) is 0.853. The summed E-state index contributed by atoms with van der Waals surface area (Å²) in [4.78, 5) is 16.1. The zero-order chi connectivity index (χ0) is 14.0. The van der Waals surface area contributed by atoms with E-state index in [1.165, 1.54) is 12.8 Å². The largest absolute Gasteiger partial charge is 0.461 e. The van der Waals surface area contributed by atoms with E-state index < -0.39 is 5.97 Å². The Balaban J connectivity index is 2.24. The molecule has 1 heterocycles. The van der Waals surface area contributed by atoms with Crippen LogP contribution in [0.1, 0.15) is 61.9 Å². The van der Waals surface area contributed by atoms with E-state index in [0.717, 1.165) is 24.6 Å². The molecule has 0 aliphatic heterocycles. The number of nitrogens with two attached hydrogens (primary N) is 1. The lowest BCUT2D eigenvalue weighted by atomic mass is 9.87. The SMILES string of the molecule is CCOC(=O)c1nc(C)n(C2CCC(C)CC2)c1N. The molecule has 5 heteroatoms. The summed E-state index contributed by atoms with van der Waals surface area (Å²) in [6.07, 6.45) is 4.61. The minimum absolute atomic E-state index is 0.262. The Kier molecular flexibility index (Phi) is 4.12. The highest BCUT2D eigenvalue weighted by Crippen LogP contribution is 2.35. The van der Waals surface area contributed by atoms with Gasteiger partial charge in [-0.1, -0.05) is 6.92 Å². The number of ether oxygens (including phenoxy) is 1. The normalized spacial score (nSPS) is 23.3. The van der Waals surface area contributed by atoms with Gasteiger partial charge < -0.3 is 15.0 Å². The number of hydrogen-bond donors (Lipinski definition) is 1. The van der Waals surface area contributed by atoms with Gasteiger partial charge in [-0.05, 0) is 45.4 Å². The van der Waals surface area contributed by atoms with E-state index >= 15 is 0 Å². The van der Waals surface area contributed by atoms with Crippen LogP contribution in [0.15, 0.2) is 0 Å². The summed E-state index contributed by atoms with van der Waals surface area (Å²) in [7, 11) is 0. The molecule has 0 atom stereocenters. The van der Waals surface area contributed by atoms with Crippen LogP contribution in [0.25, 0.3) is 0 Å². The number of nitrogen functional groups attached to an aromatic ring is 1. The average Bonchev–Trinajstić information content (AvgIpc) is 2.67. The number of carbonyl (C=O) groups is 1. The Hall–Kier alpha value is -1.52. The minimum atomic E-state index is -0.425. The molecule has 0 aromatic carbocycles. The third-order valence-corrected chi connectivity index (χ3v) is 3.94. The maximum absolute atomic E-state index is 11.8. The fraction of sp³-hybridized carbons (Fsp3) is 0.714. The van der Waals surface area contributed by atoms with E-state index in [4.69, 9.17) is 10.5 Å². The summed E-state index contributed by atoms with van der Waals surface area (Å²) in [6.45, 7) is 6.30. The zero-order valence-corrected chi connectivity index (χ0v) is 12.0. The molecule has 0 saturated heterocycles. The lowest BCUT2D eigenvalue weighted by Crippen LogP contribution is -2.19. The number of imidazole rings is 1. The van der Waals surface area contributed by atoms with Gasteiger partial charge in [0.15, 0.2) is 5.69 Å². The van der Waals surface area contributed by atoms with Crippen LogP contribution < -0.4 is 5.73 Å². The van der Waals surface area contributed by atoms with Crippen LogP contribution in [0.4, 0.5) is 5.82 Å². The number of rotatable bonds is 3. The number of carbonyl (C=O) groups excluding carboxylic acids is 1. The lowest BCUT2D eigenvalue weighted by Gasteiger charge is -2.28. The number of anilines is 1. The summed E-state index contributed by atoms with van der Waals surface area (Å²) in [5, 5.41) is 0. The van der Waals surface area contributed by atoms with Crippen molar-refractivity contribution in [2.24, 2.45) is 5.92 Å². The van der Waals surface area contributed by atoms with Gasteiger partial charge in [0.25, 0.3) is 0 Å². The average molecular weight is 265 g/mol. The van der Waals surface area contributed by atoms with Crippen LogP contribution in [0.2, 0.25) is 0 Å². The lowest BCUT2D eigenvalue weighted by molar-refractivity contribution is 0.0521. The first kappa shape index (κ1) is 13.9. The van der Waals surface area contributed by atoms with Crippen LogP contribution in [0, 0.1) is 12.8 Å². The second kappa shape index (κ2) is 5.63. The second-order valence-corrected chi connectivity index (χ2v) is 5.40. The Labute approximate surface area is 114 Å². The Morgan fingerprint density at radius 2 is 2.05 bits per heavy atom. The van der Waals surface area contributed by atoms with Gasteiger partial charge in [-0.25, -0.2) is 9.78 Å². The Bertz CT molecular complexity index is 460. The second-order valence-electron chi connectivity index (χ2n) is 5.40. The van der Waals surface area contributed by atoms with E-state index in [2.05, 4.69) is 11.9 Å². The molecule has 5 nitrogen and oxygen atoms in total. The van der Waals surface area contributed by atoms with Crippen molar-refractivity contribution in [3.63, 3.8) is 0 Å². The van der Waals surface area contributed by atoms with Gasteiger partial charge in [0.1, 0.15) is 11.6 Å². The standard InChI is InChI=1S/C14H23N3O2/c1-4-19-14(18)12-13(15)17(10(3)16-12)11-7-5-9(2)6-8-11/h9,11H,4-8,15H2,1-3H3. The van der Waals surface area contributed by atoms with Crippen molar-refractivity contribution in [2.45, 2.75) is 52.5 Å². The third kappa shape index (κ3) is 2.74. The van der Waals surface area contributed by atoms with E-state index in [0.29, 0.717) is 18.5 Å². The third-order valence-electron chi connectivity index (χ3n) is 3.94. The van der Waals surface area contributed by atoms with Crippen LogP contribution in [-0.2, 0) is 4.74 Å². The number of hydrogen-bond acceptors (Lipinski definition) is 4. The maximum atomic E-state index is 11.8. The van der Waals surface area contributed by atoms with Crippen molar-refractivity contribution in [2.75, 3.05) is 12.3 Å². The van der Waals surface area contributed by atoms with Gasteiger partial charge in [-0.2, -0.15) is 0 Å². The topological polar surface area (TPSA) is 70.1 Å². The number of esters is 1. The fourth-order valence-corrected chi connectivity index (χ4v) is 2.87. The van der Waals surface area contributed by atoms with Crippen LogP contribution in [0.3, 0.4) is 0 Å². The van der Waals surface area contributed by atoms with Gasteiger partial charge in [-0.15, -0.1) is 0 Å². The number of aryl methyl sites for hydroxylation is 1. The van der Waals surface area contributed by atoms with E-state index in [9.17, 15) is 4.79 Å². The molecule has 0 unspecified atom stereocenters.